The molecule has 0 aromatic rings. The highest BCUT2D eigenvalue weighted by atomic mass is 16.7. The summed E-state index contributed by atoms with van der Waals surface area (Å²) in [4.78, 5) is 0. The molecule has 0 amide bonds. The highest BCUT2D eigenvalue weighted by Crippen LogP contribution is 2.23. The van der Waals surface area contributed by atoms with Gasteiger partial charge in [0, 0.05) is 0 Å². The molecule has 0 aromatic heterocycles. The van der Waals surface area contributed by atoms with Gasteiger partial charge in [0.15, 0.2) is 5.79 Å². The second kappa shape index (κ2) is 2.72. The van der Waals surface area contributed by atoms with Crippen LogP contribution in [0.2, 0.25) is 0 Å². The molecule has 2 heteroatoms. The molecule has 58 valence electrons. The van der Waals surface area contributed by atoms with Crippen LogP contribution in [0.1, 0.15) is 20.3 Å². The summed E-state index contributed by atoms with van der Waals surface area (Å²) in [5.74, 6) is -0.381. The monoisotopic (exact) mass is 142 g/mol. The lowest BCUT2D eigenvalue weighted by Gasteiger charge is -2.16. The van der Waals surface area contributed by atoms with E-state index in [1.54, 1.807) is 0 Å². The van der Waals surface area contributed by atoms with Crippen molar-refractivity contribution in [1.82, 2.24) is 0 Å². The molecule has 1 aliphatic rings. The van der Waals surface area contributed by atoms with Crippen molar-refractivity contribution in [1.29, 1.82) is 0 Å². The zero-order chi connectivity index (χ0) is 7.61. The minimum atomic E-state index is -0.381. The fraction of sp³-hybridized carbons (Fsp3) is 0.750. The summed E-state index contributed by atoms with van der Waals surface area (Å²) >= 11 is 0. The summed E-state index contributed by atoms with van der Waals surface area (Å²) in [6.45, 7) is 8.18. The van der Waals surface area contributed by atoms with Gasteiger partial charge in [0.1, 0.15) is 0 Å². The molecule has 1 saturated heterocycles. The first-order valence-corrected chi connectivity index (χ1v) is 3.57. The molecule has 1 rings (SSSR count). The minimum Gasteiger partial charge on any atom is -0.348 e. The van der Waals surface area contributed by atoms with Crippen LogP contribution in [-0.2, 0) is 9.47 Å². The highest BCUT2D eigenvalue weighted by molar-refractivity contribution is 4.78. The van der Waals surface area contributed by atoms with Crippen molar-refractivity contribution in [3.05, 3.63) is 12.7 Å². The molecule has 0 aromatic carbocycles. The highest BCUT2D eigenvalue weighted by Gasteiger charge is 2.31. The van der Waals surface area contributed by atoms with Gasteiger partial charge < -0.3 is 9.47 Å². The quantitative estimate of drug-likeness (QED) is 0.546. The van der Waals surface area contributed by atoms with Crippen molar-refractivity contribution in [2.45, 2.75) is 32.2 Å². The Bertz CT molecular complexity index is 129. The van der Waals surface area contributed by atoms with Gasteiger partial charge in [-0.3, -0.25) is 0 Å². The molecule has 1 heterocycles. The first kappa shape index (κ1) is 7.76. The van der Waals surface area contributed by atoms with Gasteiger partial charge in [-0.15, -0.1) is 6.58 Å². The van der Waals surface area contributed by atoms with Crippen molar-refractivity contribution in [2.24, 2.45) is 0 Å². The van der Waals surface area contributed by atoms with Gasteiger partial charge in [-0.05, 0) is 20.3 Å². The van der Waals surface area contributed by atoms with E-state index in [1.165, 1.54) is 0 Å². The van der Waals surface area contributed by atoms with E-state index >= 15 is 0 Å². The Labute approximate surface area is 61.8 Å². The number of hydrogen-bond acceptors (Lipinski definition) is 2. The lowest BCUT2D eigenvalue weighted by Crippen LogP contribution is -2.21. The summed E-state index contributed by atoms with van der Waals surface area (Å²) in [6.07, 6.45) is 2.95. The Balaban J connectivity index is 2.35. The largest absolute Gasteiger partial charge is 0.348 e. The molecular formula is C8H14O2. The normalized spacial score (nSPS) is 30.4. The van der Waals surface area contributed by atoms with Crippen molar-refractivity contribution < 1.29 is 9.47 Å². The molecule has 10 heavy (non-hydrogen) atoms. The van der Waals surface area contributed by atoms with Crippen LogP contribution in [0.25, 0.3) is 0 Å². The predicted octanol–water partition coefficient (Wildman–Crippen LogP) is 1.71. The van der Waals surface area contributed by atoms with Crippen molar-refractivity contribution in [2.75, 3.05) is 6.61 Å². The molecule has 1 aliphatic heterocycles. The Hall–Kier alpha value is -0.340. The molecule has 0 radical (unpaired) electrons. The lowest BCUT2D eigenvalue weighted by molar-refractivity contribution is -0.137. The van der Waals surface area contributed by atoms with Crippen molar-refractivity contribution in [3.63, 3.8) is 0 Å². The third-order valence-corrected chi connectivity index (χ3v) is 1.50. The maximum absolute atomic E-state index is 5.50. The summed E-state index contributed by atoms with van der Waals surface area (Å²) in [5.41, 5.74) is 0. The van der Waals surface area contributed by atoms with E-state index in [1.807, 2.05) is 19.9 Å². The fourth-order valence-electron chi connectivity index (χ4n) is 1.07. The molecule has 2 nitrogen and oxygen atoms in total. The molecular weight excluding hydrogens is 128 g/mol. The molecule has 1 fully saturated rings. The van der Waals surface area contributed by atoms with Gasteiger partial charge >= 0.3 is 0 Å². The van der Waals surface area contributed by atoms with Crippen LogP contribution >= 0.6 is 0 Å². The Morgan fingerprint density at radius 3 is 2.80 bits per heavy atom. The number of hydrogen-bond donors (Lipinski definition) is 0. The van der Waals surface area contributed by atoms with Crippen LogP contribution < -0.4 is 0 Å². The molecule has 0 spiro atoms. The van der Waals surface area contributed by atoms with Gasteiger partial charge in [0.05, 0.1) is 12.7 Å². The third kappa shape index (κ3) is 1.82. The SMILES string of the molecule is C=CC[C@H]1COC(C)(C)O1. The van der Waals surface area contributed by atoms with E-state index in [0.717, 1.165) is 6.42 Å². The van der Waals surface area contributed by atoms with Crippen LogP contribution in [0, 0.1) is 0 Å². The zero-order valence-corrected chi connectivity index (χ0v) is 6.59. The van der Waals surface area contributed by atoms with Crippen LogP contribution in [-0.4, -0.2) is 18.5 Å². The average Bonchev–Trinajstić information content (AvgIpc) is 2.12. The second-order valence-corrected chi connectivity index (χ2v) is 2.98. The van der Waals surface area contributed by atoms with Gasteiger partial charge in [-0.2, -0.15) is 0 Å². The Morgan fingerprint density at radius 2 is 2.40 bits per heavy atom. The van der Waals surface area contributed by atoms with E-state index < -0.39 is 0 Å². The van der Waals surface area contributed by atoms with E-state index in [9.17, 15) is 0 Å². The van der Waals surface area contributed by atoms with Gasteiger partial charge in [0.25, 0.3) is 0 Å². The Kier molecular flexibility index (Phi) is 2.11. The van der Waals surface area contributed by atoms with Crippen molar-refractivity contribution >= 4 is 0 Å². The van der Waals surface area contributed by atoms with Gasteiger partial charge in [-0.25, -0.2) is 0 Å². The fourth-order valence-corrected chi connectivity index (χ4v) is 1.07. The molecule has 0 aliphatic carbocycles. The topological polar surface area (TPSA) is 18.5 Å². The molecule has 0 N–H and O–H groups in total. The minimum absolute atomic E-state index is 0.215. The maximum atomic E-state index is 5.50. The average molecular weight is 142 g/mol. The number of ether oxygens (including phenoxy) is 2. The zero-order valence-electron chi connectivity index (χ0n) is 6.59. The molecule has 0 unspecified atom stereocenters. The summed E-state index contributed by atoms with van der Waals surface area (Å²) < 4.78 is 10.8. The molecule has 0 bridgehead atoms. The van der Waals surface area contributed by atoms with Crippen LogP contribution in [0.4, 0.5) is 0 Å². The Morgan fingerprint density at radius 1 is 1.70 bits per heavy atom. The van der Waals surface area contributed by atoms with Crippen molar-refractivity contribution in [3.8, 4) is 0 Å². The smallest absolute Gasteiger partial charge is 0.163 e. The molecule has 1 atom stereocenters. The van der Waals surface area contributed by atoms with E-state index in [-0.39, 0.29) is 11.9 Å². The summed E-state index contributed by atoms with van der Waals surface area (Å²) in [6, 6.07) is 0. The predicted molar refractivity (Wildman–Crippen MR) is 39.7 cm³/mol. The number of rotatable bonds is 2. The van der Waals surface area contributed by atoms with Crippen LogP contribution in [0.3, 0.4) is 0 Å². The van der Waals surface area contributed by atoms with E-state index in [4.69, 9.17) is 9.47 Å². The summed E-state index contributed by atoms with van der Waals surface area (Å²) in [5, 5.41) is 0. The standard InChI is InChI=1S/C8H14O2/c1-4-5-7-6-9-8(2,3)10-7/h4,7H,1,5-6H2,2-3H3/t7-/m0/s1. The first-order chi connectivity index (χ1) is 4.64. The van der Waals surface area contributed by atoms with E-state index in [0.29, 0.717) is 6.61 Å². The second-order valence-electron chi connectivity index (χ2n) is 2.98. The van der Waals surface area contributed by atoms with E-state index in [2.05, 4.69) is 6.58 Å². The van der Waals surface area contributed by atoms with Crippen LogP contribution in [0.5, 0.6) is 0 Å². The van der Waals surface area contributed by atoms with Gasteiger partial charge in [-0.1, -0.05) is 6.08 Å². The van der Waals surface area contributed by atoms with Gasteiger partial charge in [0.2, 0.25) is 0 Å². The first-order valence-electron chi connectivity index (χ1n) is 3.57. The third-order valence-electron chi connectivity index (χ3n) is 1.50. The molecule has 0 saturated carbocycles. The summed E-state index contributed by atoms with van der Waals surface area (Å²) in [7, 11) is 0. The van der Waals surface area contributed by atoms with Crippen LogP contribution in [0.15, 0.2) is 12.7 Å². The lowest BCUT2D eigenvalue weighted by atomic mass is 10.3. The maximum Gasteiger partial charge on any atom is 0.163 e.